The van der Waals surface area contributed by atoms with Crippen molar-refractivity contribution in [1.29, 1.82) is 0 Å². The number of rotatable bonds is 7. The van der Waals surface area contributed by atoms with Crippen molar-refractivity contribution in [1.82, 2.24) is 15.5 Å². The van der Waals surface area contributed by atoms with Gasteiger partial charge in [0.2, 0.25) is 17.6 Å². The van der Waals surface area contributed by atoms with Gasteiger partial charge in [0, 0.05) is 18.4 Å². The number of carbonyl (C=O) groups is 1. The number of benzene rings is 2. The SMILES string of the molecule is COc1ccc([C@H](C)NC(=O)CCc2nc(-c3cccc(C(F)(F)F)c3)no2)cc1. The van der Waals surface area contributed by atoms with Crippen molar-refractivity contribution in [2.24, 2.45) is 0 Å². The summed E-state index contributed by atoms with van der Waals surface area (Å²) < 4.78 is 48.7. The van der Waals surface area contributed by atoms with Crippen LogP contribution in [0.1, 0.15) is 36.4 Å². The van der Waals surface area contributed by atoms with Gasteiger partial charge >= 0.3 is 6.18 Å². The fraction of sp³-hybridized carbons (Fsp3) is 0.286. The van der Waals surface area contributed by atoms with Crippen molar-refractivity contribution in [2.45, 2.75) is 32.0 Å². The van der Waals surface area contributed by atoms with Gasteiger partial charge < -0.3 is 14.6 Å². The Morgan fingerprint density at radius 2 is 1.93 bits per heavy atom. The van der Waals surface area contributed by atoms with Gasteiger partial charge in [0.1, 0.15) is 5.75 Å². The molecule has 9 heteroatoms. The molecule has 1 N–H and O–H groups in total. The Balaban J connectivity index is 1.56. The van der Waals surface area contributed by atoms with Crippen molar-refractivity contribution < 1.29 is 27.2 Å². The minimum atomic E-state index is -4.46. The third kappa shape index (κ3) is 5.37. The van der Waals surface area contributed by atoms with Crippen LogP contribution in [-0.4, -0.2) is 23.2 Å². The normalized spacial score (nSPS) is 12.4. The third-order valence-electron chi connectivity index (χ3n) is 4.48. The van der Waals surface area contributed by atoms with Crippen LogP contribution in [0.5, 0.6) is 5.75 Å². The Bertz CT molecular complexity index is 1000. The number of aryl methyl sites for hydroxylation is 1. The Morgan fingerprint density at radius 3 is 2.60 bits per heavy atom. The predicted molar refractivity (Wildman–Crippen MR) is 103 cm³/mol. The lowest BCUT2D eigenvalue weighted by Gasteiger charge is -2.14. The molecule has 1 heterocycles. The summed E-state index contributed by atoms with van der Waals surface area (Å²) in [6.07, 6.45) is -4.18. The highest BCUT2D eigenvalue weighted by Gasteiger charge is 2.30. The number of nitrogens with one attached hydrogen (secondary N) is 1. The van der Waals surface area contributed by atoms with Gasteiger partial charge in [-0.25, -0.2) is 0 Å². The number of carbonyl (C=O) groups excluding carboxylic acids is 1. The van der Waals surface area contributed by atoms with Crippen molar-refractivity contribution in [3.8, 4) is 17.1 Å². The second-order valence-corrected chi connectivity index (χ2v) is 6.65. The molecule has 3 aromatic rings. The number of ether oxygens (including phenoxy) is 1. The Morgan fingerprint density at radius 1 is 1.20 bits per heavy atom. The smallest absolute Gasteiger partial charge is 0.416 e. The highest BCUT2D eigenvalue weighted by atomic mass is 19.4. The second kappa shape index (κ2) is 8.98. The molecule has 158 valence electrons. The zero-order chi connectivity index (χ0) is 21.7. The zero-order valence-electron chi connectivity index (χ0n) is 16.4. The number of hydrogen-bond donors (Lipinski definition) is 1. The highest BCUT2D eigenvalue weighted by molar-refractivity contribution is 5.76. The van der Waals surface area contributed by atoms with Crippen LogP contribution < -0.4 is 10.1 Å². The summed E-state index contributed by atoms with van der Waals surface area (Å²) in [7, 11) is 1.58. The van der Waals surface area contributed by atoms with Crippen LogP contribution in [0.15, 0.2) is 53.1 Å². The van der Waals surface area contributed by atoms with Crippen molar-refractivity contribution >= 4 is 5.91 Å². The first kappa shape index (κ1) is 21.4. The van der Waals surface area contributed by atoms with E-state index in [0.717, 1.165) is 23.4 Å². The van der Waals surface area contributed by atoms with Crippen LogP contribution in [0.3, 0.4) is 0 Å². The number of halogens is 3. The molecule has 1 amide bonds. The van der Waals surface area contributed by atoms with Crippen LogP contribution in [0.25, 0.3) is 11.4 Å². The summed E-state index contributed by atoms with van der Waals surface area (Å²) in [5.74, 6) is 0.736. The number of methoxy groups -OCH3 is 1. The molecule has 0 saturated heterocycles. The number of aromatic nitrogens is 2. The maximum atomic E-state index is 12.8. The molecule has 3 rings (SSSR count). The maximum absolute atomic E-state index is 12.8. The molecular weight excluding hydrogens is 399 g/mol. The topological polar surface area (TPSA) is 77.2 Å². The Hall–Kier alpha value is -3.36. The van der Waals surface area contributed by atoms with Crippen LogP contribution in [0.2, 0.25) is 0 Å². The first-order valence-corrected chi connectivity index (χ1v) is 9.20. The van der Waals surface area contributed by atoms with Gasteiger partial charge in [-0.15, -0.1) is 0 Å². The molecule has 0 aliphatic rings. The molecule has 1 atom stereocenters. The molecule has 30 heavy (non-hydrogen) atoms. The molecule has 0 saturated carbocycles. The molecular formula is C21H20F3N3O3. The van der Waals surface area contributed by atoms with Crippen molar-refractivity contribution in [3.63, 3.8) is 0 Å². The van der Waals surface area contributed by atoms with Gasteiger partial charge in [-0.1, -0.05) is 29.4 Å². The number of hydrogen-bond acceptors (Lipinski definition) is 5. The molecule has 0 unspecified atom stereocenters. The second-order valence-electron chi connectivity index (χ2n) is 6.65. The summed E-state index contributed by atoms with van der Waals surface area (Å²) in [5, 5.41) is 6.59. The molecule has 0 aliphatic heterocycles. The monoisotopic (exact) mass is 419 g/mol. The van der Waals surface area contributed by atoms with E-state index in [-0.39, 0.29) is 42.1 Å². The van der Waals surface area contributed by atoms with E-state index in [1.165, 1.54) is 12.1 Å². The van der Waals surface area contributed by atoms with Gasteiger partial charge in [-0.05, 0) is 36.8 Å². The predicted octanol–water partition coefficient (Wildman–Crippen LogP) is 4.57. The van der Waals surface area contributed by atoms with Gasteiger partial charge in [0.25, 0.3) is 0 Å². The molecule has 1 aromatic heterocycles. The molecule has 0 aliphatic carbocycles. The minimum Gasteiger partial charge on any atom is -0.497 e. The standard InChI is InChI=1S/C21H20F3N3O3/c1-13(14-6-8-17(29-2)9-7-14)25-18(28)10-11-19-26-20(27-30-19)15-4-3-5-16(12-15)21(22,23)24/h3-9,12-13H,10-11H2,1-2H3,(H,25,28)/t13-/m0/s1. The van der Waals surface area contributed by atoms with E-state index in [1.54, 1.807) is 7.11 Å². The van der Waals surface area contributed by atoms with E-state index < -0.39 is 11.7 Å². The molecule has 0 bridgehead atoms. The van der Waals surface area contributed by atoms with Crippen molar-refractivity contribution in [3.05, 3.63) is 65.5 Å². The summed E-state index contributed by atoms with van der Waals surface area (Å²) >= 11 is 0. The molecule has 2 aromatic carbocycles. The Kier molecular flexibility index (Phi) is 6.39. The minimum absolute atomic E-state index is 0.0445. The average molecular weight is 419 g/mol. The summed E-state index contributed by atoms with van der Waals surface area (Å²) in [5.41, 5.74) is 0.324. The largest absolute Gasteiger partial charge is 0.497 e. The third-order valence-corrected chi connectivity index (χ3v) is 4.48. The number of nitrogens with zero attached hydrogens (tertiary/aromatic N) is 2. The fourth-order valence-corrected chi connectivity index (χ4v) is 2.82. The van der Waals surface area contributed by atoms with Crippen molar-refractivity contribution in [2.75, 3.05) is 7.11 Å². The lowest BCUT2D eigenvalue weighted by molar-refractivity contribution is -0.137. The van der Waals surface area contributed by atoms with Gasteiger partial charge in [-0.3, -0.25) is 4.79 Å². The van der Waals surface area contributed by atoms with E-state index in [0.29, 0.717) is 0 Å². The van der Waals surface area contributed by atoms with E-state index in [4.69, 9.17) is 9.26 Å². The number of alkyl halides is 3. The summed E-state index contributed by atoms with van der Waals surface area (Å²) in [6, 6.07) is 11.8. The zero-order valence-corrected chi connectivity index (χ0v) is 16.4. The average Bonchev–Trinajstić information content (AvgIpc) is 3.21. The van der Waals surface area contributed by atoms with Gasteiger partial charge in [0.15, 0.2) is 0 Å². The Labute approximate surface area is 171 Å². The molecule has 6 nitrogen and oxygen atoms in total. The first-order chi connectivity index (χ1) is 14.3. The molecule has 0 spiro atoms. The van der Waals surface area contributed by atoms with E-state index in [1.807, 2.05) is 31.2 Å². The lowest BCUT2D eigenvalue weighted by Crippen LogP contribution is -2.26. The molecule has 0 radical (unpaired) electrons. The van der Waals surface area contributed by atoms with Crippen LogP contribution >= 0.6 is 0 Å². The maximum Gasteiger partial charge on any atom is 0.416 e. The quantitative estimate of drug-likeness (QED) is 0.607. The number of amides is 1. The van der Waals surface area contributed by atoms with Crippen LogP contribution in [0, 0.1) is 0 Å². The van der Waals surface area contributed by atoms with E-state index in [9.17, 15) is 18.0 Å². The summed E-state index contributed by atoms with van der Waals surface area (Å²) in [4.78, 5) is 16.3. The first-order valence-electron chi connectivity index (χ1n) is 9.20. The highest BCUT2D eigenvalue weighted by Crippen LogP contribution is 2.31. The van der Waals surface area contributed by atoms with Gasteiger partial charge in [-0.2, -0.15) is 18.2 Å². The fourth-order valence-electron chi connectivity index (χ4n) is 2.82. The lowest BCUT2D eigenvalue weighted by atomic mass is 10.1. The van der Waals surface area contributed by atoms with Gasteiger partial charge in [0.05, 0.1) is 18.7 Å². The van der Waals surface area contributed by atoms with Crippen LogP contribution in [0.4, 0.5) is 13.2 Å². The van der Waals surface area contributed by atoms with E-state index in [2.05, 4.69) is 15.5 Å². The summed E-state index contributed by atoms with van der Waals surface area (Å²) in [6.45, 7) is 1.86. The van der Waals surface area contributed by atoms with Crippen LogP contribution in [-0.2, 0) is 17.4 Å². The van der Waals surface area contributed by atoms with E-state index >= 15 is 0 Å². The molecule has 0 fully saturated rings.